The average molecular weight is 241 g/mol. The van der Waals surface area contributed by atoms with Gasteiger partial charge in [0.1, 0.15) is 0 Å². The molecule has 0 saturated heterocycles. The molecule has 16 heavy (non-hydrogen) atoms. The highest BCUT2D eigenvalue weighted by atomic mass is 32.2. The average Bonchev–Trinajstić information content (AvgIpc) is 3.08. The summed E-state index contributed by atoms with van der Waals surface area (Å²) >= 11 is 2.26. The van der Waals surface area contributed by atoms with E-state index in [0.717, 1.165) is 29.7 Å². The van der Waals surface area contributed by atoms with Crippen molar-refractivity contribution in [2.45, 2.75) is 63.7 Å². The first-order chi connectivity index (χ1) is 7.79. The topological polar surface area (TPSA) is 12.0 Å². The van der Waals surface area contributed by atoms with E-state index < -0.39 is 0 Å². The number of rotatable bonds is 6. The molecule has 2 aliphatic carbocycles. The van der Waals surface area contributed by atoms with Crippen molar-refractivity contribution >= 4 is 11.8 Å². The Hall–Kier alpha value is 0.310. The summed E-state index contributed by atoms with van der Waals surface area (Å²) in [7, 11) is 0. The van der Waals surface area contributed by atoms with E-state index in [4.69, 9.17) is 0 Å². The lowest BCUT2D eigenvalue weighted by Crippen LogP contribution is -2.34. The molecule has 0 heterocycles. The molecular weight excluding hydrogens is 214 g/mol. The largest absolute Gasteiger partial charge is 0.313 e. The molecule has 94 valence electrons. The van der Waals surface area contributed by atoms with E-state index in [-0.39, 0.29) is 0 Å². The molecule has 2 rings (SSSR count). The predicted octanol–water partition coefficient (Wildman–Crippen LogP) is 3.69. The molecule has 0 aliphatic heterocycles. The fraction of sp³-hybridized carbons (Fsp3) is 1.00. The minimum Gasteiger partial charge on any atom is -0.313 e. The van der Waals surface area contributed by atoms with Crippen LogP contribution in [-0.4, -0.2) is 23.6 Å². The van der Waals surface area contributed by atoms with Gasteiger partial charge in [-0.1, -0.05) is 26.7 Å². The van der Waals surface area contributed by atoms with Crippen molar-refractivity contribution in [3.05, 3.63) is 0 Å². The Morgan fingerprint density at radius 2 is 2.06 bits per heavy atom. The normalized spacial score (nSPS) is 32.6. The third-order valence-corrected chi connectivity index (χ3v) is 5.51. The van der Waals surface area contributed by atoms with Gasteiger partial charge in [-0.25, -0.2) is 0 Å². The van der Waals surface area contributed by atoms with Gasteiger partial charge in [-0.05, 0) is 44.1 Å². The van der Waals surface area contributed by atoms with Gasteiger partial charge in [0.15, 0.2) is 0 Å². The van der Waals surface area contributed by atoms with Crippen molar-refractivity contribution in [2.24, 2.45) is 11.8 Å². The minimum atomic E-state index is 0.812. The molecule has 2 heteroatoms. The zero-order valence-corrected chi connectivity index (χ0v) is 11.7. The van der Waals surface area contributed by atoms with Gasteiger partial charge < -0.3 is 5.32 Å². The van der Waals surface area contributed by atoms with E-state index in [2.05, 4.69) is 30.9 Å². The fourth-order valence-corrected chi connectivity index (χ4v) is 4.56. The Labute approximate surface area is 105 Å². The molecule has 0 spiro atoms. The van der Waals surface area contributed by atoms with Crippen molar-refractivity contribution in [2.75, 3.05) is 12.3 Å². The highest BCUT2D eigenvalue weighted by Gasteiger charge is 2.31. The van der Waals surface area contributed by atoms with E-state index in [9.17, 15) is 0 Å². The maximum atomic E-state index is 3.67. The Morgan fingerprint density at radius 3 is 2.69 bits per heavy atom. The predicted molar refractivity (Wildman–Crippen MR) is 74.1 cm³/mol. The number of thioether (sulfide) groups is 1. The van der Waals surface area contributed by atoms with Crippen LogP contribution < -0.4 is 5.32 Å². The molecule has 0 aromatic rings. The fourth-order valence-electron chi connectivity index (χ4n) is 2.89. The lowest BCUT2D eigenvalue weighted by Gasteiger charge is -2.28. The number of hydrogen-bond acceptors (Lipinski definition) is 2. The van der Waals surface area contributed by atoms with Crippen LogP contribution in [0.3, 0.4) is 0 Å². The summed E-state index contributed by atoms with van der Waals surface area (Å²) in [6.07, 6.45) is 8.82. The van der Waals surface area contributed by atoms with E-state index >= 15 is 0 Å². The molecule has 3 unspecified atom stereocenters. The third-order valence-electron chi connectivity index (χ3n) is 4.06. The van der Waals surface area contributed by atoms with Crippen LogP contribution in [0.2, 0.25) is 0 Å². The van der Waals surface area contributed by atoms with E-state index in [1.165, 1.54) is 44.3 Å². The van der Waals surface area contributed by atoms with Crippen LogP contribution in [0.15, 0.2) is 0 Å². The molecule has 0 radical (unpaired) electrons. The van der Waals surface area contributed by atoms with Gasteiger partial charge in [-0.15, -0.1) is 0 Å². The van der Waals surface area contributed by atoms with Crippen LogP contribution in [0, 0.1) is 11.8 Å². The summed E-state index contributed by atoms with van der Waals surface area (Å²) < 4.78 is 0. The molecule has 0 amide bonds. The second-order valence-corrected chi connectivity index (χ2v) is 7.06. The maximum Gasteiger partial charge on any atom is 0.0186 e. The highest BCUT2D eigenvalue weighted by Crippen LogP contribution is 2.37. The quantitative estimate of drug-likeness (QED) is 0.761. The minimum absolute atomic E-state index is 0.812. The second kappa shape index (κ2) is 6.30. The van der Waals surface area contributed by atoms with E-state index in [0.29, 0.717) is 0 Å². The van der Waals surface area contributed by atoms with Gasteiger partial charge in [0.25, 0.3) is 0 Å². The summed E-state index contributed by atoms with van der Waals surface area (Å²) in [5.41, 5.74) is 0. The van der Waals surface area contributed by atoms with Crippen molar-refractivity contribution in [3.8, 4) is 0 Å². The van der Waals surface area contributed by atoms with Crippen molar-refractivity contribution < 1.29 is 0 Å². The van der Waals surface area contributed by atoms with Gasteiger partial charge in [-0.2, -0.15) is 11.8 Å². The summed E-state index contributed by atoms with van der Waals surface area (Å²) in [6.45, 7) is 5.81. The van der Waals surface area contributed by atoms with Crippen molar-refractivity contribution in [1.29, 1.82) is 0 Å². The van der Waals surface area contributed by atoms with Gasteiger partial charge in [0.2, 0.25) is 0 Å². The first-order valence-electron chi connectivity index (χ1n) is 7.14. The number of nitrogens with one attached hydrogen (secondary N) is 1. The highest BCUT2D eigenvalue weighted by molar-refractivity contribution is 7.99. The van der Waals surface area contributed by atoms with E-state index in [1.54, 1.807) is 0 Å². The Morgan fingerprint density at radius 1 is 1.25 bits per heavy atom. The molecule has 0 aromatic carbocycles. The lowest BCUT2D eigenvalue weighted by molar-refractivity contribution is 0.393. The van der Waals surface area contributed by atoms with Gasteiger partial charge >= 0.3 is 0 Å². The molecular formula is C14H27NS. The summed E-state index contributed by atoms with van der Waals surface area (Å²) in [5, 5.41) is 4.64. The van der Waals surface area contributed by atoms with Crippen molar-refractivity contribution in [1.82, 2.24) is 5.32 Å². The SMILES string of the molecule is CCNC(CSC1CCCC(C)C1)C1CC1. The molecule has 2 fully saturated rings. The van der Waals surface area contributed by atoms with Crippen LogP contribution in [0.1, 0.15) is 52.4 Å². The Kier molecular flexibility index (Phi) is 5.02. The Balaban J connectivity index is 1.67. The third kappa shape index (κ3) is 3.96. The van der Waals surface area contributed by atoms with Crippen LogP contribution in [0.4, 0.5) is 0 Å². The molecule has 1 N–H and O–H groups in total. The second-order valence-electron chi connectivity index (χ2n) is 5.73. The molecule has 0 aromatic heterocycles. The first kappa shape index (κ1) is 12.8. The zero-order chi connectivity index (χ0) is 11.4. The Bertz CT molecular complexity index is 203. The molecule has 0 bridgehead atoms. The van der Waals surface area contributed by atoms with Crippen molar-refractivity contribution in [3.63, 3.8) is 0 Å². The summed E-state index contributed by atoms with van der Waals surface area (Å²) in [4.78, 5) is 0. The first-order valence-corrected chi connectivity index (χ1v) is 8.19. The lowest BCUT2D eigenvalue weighted by atomic mass is 9.91. The van der Waals surface area contributed by atoms with Gasteiger partial charge in [0.05, 0.1) is 0 Å². The molecule has 2 aliphatic rings. The summed E-state index contributed by atoms with van der Waals surface area (Å²) in [5.74, 6) is 3.34. The number of hydrogen-bond donors (Lipinski definition) is 1. The maximum absolute atomic E-state index is 3.67. The van der Waals surface area contributed by atoms with Gasteiger partial charge in [0, 0.05) is 17.0 Å². The van der Waals surface area contributed by atoms with E-state index in [1.807, 2.05) is 0 Å². The van der Waals surface area contributed by atoms with Crippen LogP contribution in [0.5, 0.6) is 0 Å². The van der Waals surface area contributed by atoms with Crippen LogP contribution >= 0.6 is 11.8 Å². The summed E-state index contributed by atoms with van der Waals surface area (Å²) in [6, 6.07) is 0.812. The van der Waals surface area contributed by atoms with Crippen LogP contribution in [0.25, 0.3) is 0 Å². The smallest absolute Gasteiger partial charge is 0.0186 e. The standard InChI is InChI=1S/C14H27NS/c1-3-15-14(12-7-8-12)10-16-13-6-4-5-11(2)9-13/h11-15H,3-10H2,1-2H3. The molecule has 3 atom stereocenters. The zero-order valence-electron chi connectivity index (χ0n) is 10.9. The monoisotopic (exact) mass is 241 g/mol. The molecule has 1 nitrogen and oxygen atoms in total. The van der Waals surface area contributed by atoms with Crippen LogP contribution in [-0.2, 0) is 0 Å². The molecule has 2 saturated carbocycles. The van der Waals surface area contributed by atoms with Gasteiger partial charge in [-0.3, -0.25) is 0 Å².